The number of rotatable bonds is 3. The number of hydrogen-bond acceptors (Lipinski definition) is 2. The van der Waals surface area contributed by atoms with Gasteiger partial charge in [-0.05, 0) is 31.5 Å². The number of hydrogen-bond donors (Lipinski definition) is 0. The highest BCUT2D eigenvalue weighted by atomic mass is 16.5. The van der Waals surface area contributed by atoms with Gasteiger partial charge in [-0.25, -0.2) is 0 Å². The van der Waals surface area contributed by atoms with Gasteiger partial charge in [0.1, 0.15) is 0 Å². The van der Waals surface area contributed by atoms with E-state index < -0.39 is 0 Å². The molecule has 0 saturated carbocycles. The van der Waals surface area contributed by atoms with E-state index in [1.165, 1.54) is 18.4 Å². The Hall–Kier alpha value is -0.860. The standard InChI is InChI=1S/C13H18NO/c1-14-9-5-8-13(10-14)15-11-12-6-3-2-4-7-12/h2-4,6-7,13H,1,5,8-11H2/q-1. The first-order valence-electron chi connectivity index (χ1n) is 5.55. The van der Waals surface area contributed by atoms with E-state index in [2.05, 4.69) is 24.1 Å². The van der Waals surface area contributed by atoms with Gasteiger partial charge in [0.05, 0.1) is 12.7 Å². The Morgan fingerprint density at radius 3 is 2.87 bits per heavy atom. The van der Waals surface area contributed by atoms with Gasteiger partial charge in [-0.3, -0.25) is 7.05 Å². The Kier molecular flexibility index (Phi) is 3.75. The molecule has 2 nitrogen and oxygen atoms in total. The second kappa shape index (κ2) is 5.29. The number of benzene rings is 1. The quantitative estimate of drug-likeness (QED) is 0.701. The molecule has 2 rings (SSSR count). The molecule has 1 unspecified atom stereocenters. The zero-order chi connectivity index (χ0) is 10.5. The summed E-state index contributed by atoms with van der Waals surface area (Å²) in [5.74, 6) is 0. The van der Waals surface area contributed by atoms with Crippen LogP contribution < -0.4 is 0 Å². The number of piperidine rings is 1. The summed E-state index contributed by atoms with van der Waals surface area (Å²) in [5, 5.41) is 0. The highest BCUT2D eigenvalue weighted by molar-refractivity contribution is 5.13. The van der Waals surface area contributed by atoms with Crippen LogP contribution in [-0.4, -0.2) is 24.1 Å². The lowest BCUT2D eigenvalue weighted by Gasteiger charge is -2.35. The van der Waals surface area contributed by atoms with Crippen LogP contribution in [0.4, 0.5) is 0 Å². The summed E-state index contributed by atoms with van der Waals surface area (Å²) in [4.78, 5) is 2.10. The number of ether oxygens (including phenoxy) is 1. The van der Waals surface area contributed by atoms with Crippen LogP contribution in [0.15, 0.2) is 30.3 Å². The van der Waals surface area contributed by atoms with Gasteiger partial charge in [-0.2, -0.15) is 0 Å². The van der Waals surface area contributed by atoms with Crippen LogP contribution in [-0.2, 0) is 11.3 Å². The van der Waals surface area contributed by atoms with E-state index in [0.29, 0.717) is 6.10 Å². The number of likely N-dealkylation sites (tertiary alicyclic amines) is 1. The molecule has 1 aliphatic rings. The second-order valence-electron chi connectivity index (χ2n) is 4.14. The van der Waals surface area contributed by atoms with E-state index in [9.17, 15) is 0 Å². The maximum atomic E-state index is 5.86. The minimum Gasteiger partial charge on any atom is -0.457 e. The average Bonchev–Trinajstić information content (AvgIpc) is 2.28. The molecule has 0 aliphatic carbocycles. The molecule has 1 atom stereocenters. The third-order valence-corrected chi connectivity index (χ3v) is 2.79. The molecule has 0 radical (unpaired) electrons. The summed E-state index contributed by atoms with van der Waals surface area (Å²) in [6.07, 6.45) is 2.72. The fourth-order valence-corrected chi connectivity index (χ4v) is 1.94. The summed E-state index contributed by atoms with van der Waals surface area (Å²) in [6, 6.07) is 10.3. The Balaban J connectivity index is 1.78. The molecule has 1 aromatic carbocycles. The molecule has 0 N–H and O–H groups in total. The van der Waals surface area contributed by atoms with Gasteiger partial charge in [0.2, 0.25) is 0 Å². The molecule has 15 heavy (non-hydrogen) atoms. The summed E-state index contributed by atoms with van der Waals surface area (Å²) in [5.41, 5.74) is 1.25. The van der Waals surface area contributed by atoms with Crippen LogP contribution in [0.3, 0.4) is 0 Å². The van der Waals surface area contributed by atoms with Crippen molar-refractivity contribution in [3.63, 3.8) is 0 Å². The van der Waals surface area contributed by atoms with Crippen molar-refractivity contribution in [2.24, 2.45) is 0 Å². The molecule has 1 aromatic rings. The summed E-state index contributed by atoms with van der Waals surface area (Å²) in [6.45, 7) is 2.79. The second-order valence-corrected chi connectivity index (χ2v) is 4.14. The lowest BCUT2D eigenvalue weighted by molar-refractivity contribution is 0.000413. The van der Waals surface area contributed by atoms with E-state index in [1.54, 1.807) is 0 Å². The van der Waals surface area contributed by atoms with Crippen LogP contribution in [0.1, 0.15) is 18.4 Å². The summed E-state index contributed by atoms with van der Waals surface area (Å²) in [7, 11) is 3.96. The predicted molar refractivity (Wildman–Crippen MR) is 61.2 cm³/mol. The third-order valence-electron chi connectivity index (χ3n) is 2.79. The van der Waals surface area contributed by atoms with Crippen molar-refractivity contribution in [3.8, 4) is 0 Å². The molecule has 0 bridgehead atoms. The van der Waals surface area contributed by atoms with Crippen molar-refractivity contribution >= 4 is 0 Å². The van der Waals surface area contributed by atoms with Gasteiger partial charge in [0, 0.05) is 0 Å². The van der Waals surface area contributed by atoms with E-state index in [4.69, 9.17) is 4.74 Å². The van der Waals surface area contributed by atoms with Crippen LogP contribution in [0, 0.1) is 7.05 Å². The average molecular weight is 204 g/mol. The van der Waals surface area contributed by atoms with Gasteiger partial charge in [0.25, 0.3) is 0 Å². The van der Waals surface area contributed by atoms with Crippen LogP contribution in [0.25, 0.3) is 0 Å². The molecule has 1 heterocycles. The first-order chi connectivity index (χ1) is 7.34. The monoisotopic (exact) mass is 204 g/mol. The molecule has 82 valence electrons. The lowest BCUT2D eigenvalue weighted by atomic mass is 10.1. The van der Waals surface area contributed by atoms with Crippen molar-refractivity contribution in [1.82, 2.24) is 4.90 Å². The molecule has 1 aliphatic heterocycles. The Labute approximate surface area is 91.9 Å². The first-order valence-corrected chi connectivity index (χ1v) is 5.55. The topological polar surface area (TPSA) is 12.5 Å². The predicted octanol–water partition coefficient (Wildman–Crippen LogP) is 2.46. The highest BCUT2D eigenvalue weighted by Gasteiger charge is 2.14. The maximum absolute atomic E-state index is 5.86. The van der Waals surface area contributed by atoms with Crippen molar-refractivity contribution in [2.45, 2.75) is 25.6 Å². The molecule has 0 aromatic heterocycles. The molecular weight excluding hydrogens is 186 g/mol. The molecule has 0 amide bonds. The molecule has 1 fully saturated rings. The highest BCUT2D eigenvalue weighted by Crippen LogP contribution is 2.14. The lowest BCUT2D eigenvalue weighted by Crippen LogP contribution is -2.35. The third kappa shape index (κ3) is 3.33. The van der Waals surface area contributed by atoms with Gasteiger partial charge in [-0.1, -0.05) is 30.3 Å². The van der Waals surface area contributed by atoms with E-state index in [0.717, 1.165) is 19.7 Å². The van der Waals surface area contributed by atoms with Gasteiger partial charge < -0.3 is 9.64 Å². The molecular formula is C13H18NO-. The molecule has 2 heteroatoms. The fourth-order valence-electron chi connectivity index (χ4n) is 1.94. The molecule has 1 saturated heterocycles. The first kappa shape index (κ1) is 10.7. The van der Waals surface area contributed by atoms with Gasteiger partial charge >= 0.3 is 0 Å². The Morgan fingerprint density at radius 2 is 2.13 bits per heavy atom. The summed E-state index contributed by atoms with van der Waals surface area (Å²) >= 11 is 0. The van der Waals surface area contributed by atoms with Crippen molar-refractivity contribution < 1.29 is 4.74 Å². The van der Waals surface area contributed by atoms with Crippen molar-refractivity contribution in [2.75, 3.05) is 13.1 Å². The van der Waals surface area contributed by atoms with Crippen LogP contribution in [0.2, 0.25) is 0 Å². The zero-order valence-electron chi connectivity index (χ0n) is 9.06. The summed E-state index contributed by atoms with van der Waals surface area (Å²) < 4.78 is 5.86. The van der Waals surface area contributed by atoms with Crippen LogP contribution >= 0.6 is 0 Å². The van der Waals surface area contributed by atoms with Gasteiger partial charge in [0.15, 0.2) is 0 Å². The fraction of sp³-hybridized carbons (Fsp3) is 0.462. The minimum absolute atomic E-state index is 0.358. The normalized spacial score (nSPS) is 22.9. The maximum Gasteiger partial charge on any atom is 0.0721 e. The smallest absolute Gasteiger partial charge is 0.0721 e. The largest absolute Gasteiger partial charge is 0.457 e. The van der Waals surface area contributed by atoms with Crippen molar-refractivity contribution in [3.05, 3.63) is 42.9 Å². The minimum atomic E-state index is 0.358. The van der Waals surface area contributed by atoms with Crippen LogP contribution in [0.5, 0.6) is 0 Å². The van der Waals surface area contributed by atoms with Crippen molar-refractivity contribution in [1.29, 1.82) is 0 Å². The Morgan fingerprint density at radius 1 is 1.33 bits per heavy atom. The molecule has 0 spiro atoms. The van der Waals surface area contributed by atoms with E-state index in [-0.39, 0.29) is 0 Å². The zero-order valence-corrected chi connectivity index (χ0v) is 9.06. The SMILES string of the molecule is [CH2-]N1CCCC(OCc2ccccc2)C1. The Bertz CT molecular complexity index is 286. The van der Waals surface area contributed by atoms with E-state index in [1.807, 2.05) is 18.2 Å². The number of nitrogens with zero attached hydrogens (tertiary/aromatic N) is 1. The van der Waals surface area contributed by atoms with Gasteiger partial charge in [-0.15, -0.1) is 0 Å². The van der Waals surface area contributed by atoms with E-state index >= 15 is 0 Å².